The Labute approximate surface area is 176 Å². The lowest BCUT2D eigenvalue weighted by molar-refractivity contribution is 0.0918. The van der Waals surface area contributed by atoms with E-state index < -0.39 is 10.0 Å². The summed E-state index contributed by atoms with van der Waals surface area (Å²) in [6, 6.07) is 6.55. The molecule has 1 amide bonds. The molecule has 2 N–H and O–H groups in total. The molecular formula is C21H27N3O5S. The summed E-state index contributed by atoms with van der Waals surface area (Å²) in [7, 11) is -2.17. The van der Waals surface area contributed by atoms with Crippen molar-refractivity contribution in [2.24, 2.45) is 5.10 Å². The standard InChI is InChI=1S/C21H27N3O5S/c1-14-8-10-16(11-9-14)30(26,27)24-23-17-6-4-7-18-19(17)15(2)20(29-18)21(25)22-12-5-13-28-3/h8-11,24H,4-7,12-13H2,1-3H3,(H,22,25)/b23-17+. The van der Waals surface area contributed by atoms with Crippen molar-refractivity contribution < 1.29 is 22.4 Å². The van der Waals surface area contributed by atoms with E-state index in [1.165, 1.54) is 0 Å². The summed E-state index contributed by atoms with van der Waals surface area (Å²) in [6.45, 7) is 4.73. The lowest BCUT2D eigenvalue weighted by Gasteiger charge is -2.14. The van der Waals surface area contributed by atoms with E-state index in [0.29, 0.717) is 49.4 Å². The Bertz CT molecular complexity index is 1040. The van der Waals surface area contributed by atoms with Crippen molar-refractivity contribution >= 4 is 21.6 Å². The van der Waals surface area contributed by atoms with E-state index >= 15 is 0 Å². The van der Waals surface area contributed by atoms with Gasteiger partial charge < -0.3 is 14.5 Å². The van der Waals surface area contributed by atoms with Gasteiger partial charge in [0, 0.05) is 37.8 Å². The first-order valence-electron chi connectivity index (χ1n) is 9.88. The second-order valence-electron chi connectivity index (χ2n) is 7.28. The Morgan fingerprint density at radius 1 is 1.20 bits per heavy atom. The third-order valence-corrected chi connectivity index (χ3v) is 6.20. The fraction of sp³-hybridized carbons (Fsp3) is 0.429. The van der Waals surface area contributed by atoms with Gasteiger partial charge in [-0.25, -0.2) is 0 Å². The third-order valence-electron chi connectivity index (χ3n) is 4.97. The van der Waals surface area contributed by atoms with Gasteiger partial charge in [0.2, 0.25) is 0 Å². The quantitative estimate of drug-likeness (QED) is 0.491. The van der Waals surface area contributed by atoms with Crippen molar-refractivity contribution in [2.45, 2.75) is 44.4 Å². The number of methoxy groups -OCH3 is 1. The molecular weight excluding hydrogens is 406 g/mol. The Morgan fingerprint density at radius 2 is 1.93 bits per heavy atom. The minimum Gasteiger partial charge on any atom is -0.455 e. The fourth-order valence-electron chi connectivity index (χ4n) is 3.38. The number of carbonyl (C=O) groups excluding carboxylic acids is 1. The molecule has 0 saturated carbocycles. The highest BCUT2D eigenvalue weighted by molar-refractivity contribution is 7.89. The maximum Gasteiger partial charge on any atom is 0.287 e. The van der Waals surface area contributed by atoms with Crippen LogP contribution >= 0.6 is 0 Å². The summed E-state index contributed by atoms with van der Waals surface area (Å²) in [4.78, 5) is 15.0. The Hall–Kier alpha value is -2.65. The van der Waals surface area contributed by atoms with Gasteiger partial charge in [0.1, 0.15) is 5.76 Å². The summed E-state index contributed by atoms with van der Waals surface area (Å²) in [5.74, 6) is 0.611. The number of furan rings is 1. The number of ether oxygens (including phenoxy) is 1. The molecule has 2 aromatic rings. The van der Waals surface area contributed by atoms with E-state index in [1.54, 1.807) is 38.3 Å². The summed E-state index contributed by atoms with van der Waals surface area (Å²) in [6.07, 6.45) is 2.74. The van der Waals surface area contributed by atoms with Crippen LogP contribution in [0.25, 0.3) is 0 Å². The number of nitrogens with one attached hydrogen (secondary N) is 2. The first kappa shape index (κ1) is 22.0. The van der Waals surface area contributed by atoms with Gasteiger partial charge in [0.05, 0.1) is 10.6 Å². The van der Waals surface area contributed by atoms with Crippen LogP contribution in [-0.4, -0.2) is 40.3 Å². The molecule has 1 aliphatic carbocycles. The first-order chi connectivity index (χ1) is 14.3. The SMILES string of the molecule is COCCCNC(=O)c1oc2c(c1C)/C(=N/NS(=O)(=O)c1ccc(C)cc1)CCC2. The molecule has 0 saturated heterocycles. The van der Waals surface area contributed by atoms with Crippen LogP contribution in [-0.2, 0) is 21.2 Å². The summed E-state index contributed by atoms with van der Waals surface area (Å²) in [5, 5.41) is 7.00. The second kappa shape index (κ2) is 9.44. The van der Waals surface area contributed by atoms with Gasteiger partial charge in [-0.15, -0.1) is 0 Å². The van der Waals surface area contributed by atoms with Gasteiger partial charge >= 0.3 is 0 Å². The van der Waals surface area contributed by atoms with Crippen LogP contribution in [0.5, 0.6) is 0 Å². The van der Waals surface area contributed by atoms with Crippen LogP contribution in [0.3, 0.4) is 0 Å². The molecule has 1 aromatic carbocycles. The van der Waals surface area contributed by atoms with Crippen LogP contribution in [0.4, 0.5) is 0 Å². The predicted octanol–water partition coefficient (Wildman–Crippen LogP) is 2.68. The number of amides is 1. The fourth-order valence-corrected chi connectivity index (χ4v) is 4.21. The van der Waals surface area contributed by atoms with Gasteiger partial charge in [0.25, 0.3) is 15.9 Å². The van der Waals surface area contributed by atoms with E-state index in [9.17, 15) is 13.2 Å². The number of hydrogen-bond donors (Lipinski definition) is 2. The molecule has 0 bridgehead atoms. The van der Waals surface area contributed by atoms with Crippen LogP contribution in [0.15, 0.2) is 38.7 Å². The van der Waals surface area contributed by atoms with Crippen molar-refractivity contribution in [1.29, 1.82) is 0 Å². The van der Waals surface area contributed by atoms with E-state index in [2.05, 4.69) is 15.2 Å². The molecule has 8 nitrogen and oxygen atoms in total. The number of nitrogens with zero attached hydrogens (tertiary/aromatic N) is 1. The highest BCUT2D eigenvalue weighted by Gasteiger charge is 2.28. The molecule has 0 atom stereocenters. The van der Waals surface area contributed by atoms with Crippen LogP contribution in [0.1, 0.15) is 52.3 Å². The summed E-state index contributed by atoms with van der Waals surface area (Å²) < 4.78 is 35.9. The summed E-state index contributed by atoms with van der Waals surface area (Å²) in [5.41, 5.74) is 2.93. The molecule has 9 heteroatoms. The van der Waals surface area contributed by atoms with Crippen molar-refractivity contribution in [3.63, 3.8) is 0 Å². The molecule has 1 aliphatic rings. The smallest absolute Gasteiger partial charge is 0.287 e. The minimum absolute atomic E-state index is 0.147. The predicted molar refractivity (Wildman–Crippen MR) is 113 cm³/mol. The first-order valence-corrected chi connectivity index (χ1v) is 11.4. The average molecular weight is 434 g/mol. The van der Waals surface area contributed by atoms with Crippen LogP contribution in [0.2, 0.25) is 0 Å². The molecule has 30 heavy (non-hydrogen) atoms. The minimum atomic E-state index is -3.78. The second-order valence-corrected chi connectivity index (χ2v) is 8.94. The van der Waals surface area contributed by atoms with Gasteiger partial charge in [0.15, 0.2) is 5.76 Å². The zero-order chi connectivity index (χ0) is 21.7. The highest BCUT2D eigenvalue weighted by atomic mass is 32.2. The third kappa shape index (κ3) is 4.91. The van der Waals surface area contributed by atoms with Crippen molar-refractivity contribution in [2.75, 3.05) is 20.3 Å². The number of carbonyl (C=O) groups is 1. The molecule has 3 rings (SSSR count). The van der Waals surface area contributed by atoms with E-state index in [4.69, 9.17) is 9.15 Å². The molecule has 1 aromatic heterocycles. The molecule has 0 unspecified atom stereocenters. The van der Waals surface area contributed by atoms with Gasteiger partial charge in [-0.2, -0.15) is 18.4 Å². The Morgan fingerprint density at radius 3 is 2.63 bits per heavy atom. The normalized spacial score (nSPS) is 15.1. The number of rotatable bonds is 8. The van der Waals surface area contributed by atoms with Crippen molar-refractivity contribution in [3.8, 4) is 0 Å². The van der Waals surface area contributed by atoms with Crippen LogP contribution in [0, 0.1) is 13.8 Å². The molecule has 162 valence electrons. The zero-order valence-corrected chi connectivity index (χ0v) is 18.3. The summed E-state index contributed by atoms with van der Waals surface area (Å²) >= 11 is 0. The number of sulfonamides is 1. The molecule has 0 spiro atoms. The van der Waals surface area contributed by atoms with Gasteiger partial charge in [-0.3, -0.25) is 4.79 Å². The largest absolute Gasteiger partial charge is 0.455 e. The maximum absolute atomic E-state index is 12.6. The lowest BCUT2D eigenvalue weighted by Crippen LogP contribution is -2.25. The van der Waals surface area contributed by atoms with Crippen molar-refractivity contribution in [1.82, 2.24) is 10.1 Å². The Kier molecular flexibility index (Phi) is 6.94. The molecule has 1 heterocycles. The Balaban J connectivity index is 1.80. The number of aryl methyl sites for hydroxylation is 2. The van der Waals surface area contributed by atoms with E-state index in [0.717, 1.165) is 17.5 Å². The lowest BCUT2D eigenvalue weighted by atomic mass is 9.93. The van der Waals surface area contributed by atoms with Gasteiger partial charge in [-0.1, -0.05) is 17.7 Å². The molecule has 0 fully saturated rings. The number of fused-ring (bicyclic) bond motifs is 1. The van der Waals surface area contributed by atoms with E-state index in [-0.39, 0.29) is 16.6 Å². The van der Waals surface area contributed by atoms with Crippen molar-refractivity contribution in [3.05, 3.63) is 52.5 Å². The van der Waals surface area contributed by atoms with Crippen LogP contribution < -0.4 is 10.1 Å². The number of benzene rings is 1. The highest BCUT2D eigenvalue weighted by Crippen LogP contribution is 2.30. The average Bonchev–Trinajstić information content (AvgIpc) is 3.07. The van der Waals surface area contributed by atoms with E-state index in [1.807, 2.05) is 6.92 Å². The number of hydrogen-bond acceptors (Lipinski definition) is 6. The zero-order valence-electron chi connectivity index (χ0n) is 17.4. The molecule has 0 radical (unpaired) electrons. The topological polar surface area (TPSA) is 110 Å². The van der Waals surface area contributed by atoms with Gasteiger partial charge in [-0.05, 0) is 45.2 Å². The number of hydrazone groups is 1. The molecule has 0 aliphatic heterocycles. The maximum atomic E-state index is 12.6. The monoisotopic (exact) mass is 433 g/mol.